The molecule has 20 heteroatoms. The number of oxime groups is 1. The number of halogens is 1. The summed E-state index contributed by atoms with van der Waals surface area (Å²) in [5.74, 6) is -5.29. The average Bonchev–Trinajstić information content (AvgIpc) is 3.84. The van der Waals surface area contributed by atoms with Crippen LogP contribution in [-0.4, -0.2) is 130 Å². The number of β-lactam (4-membered cyclic amide) rings is 1. The Kier molecular flexibility index (Phi) is 12.2. The number of likely N-dealkylation sites (tertiary alicyclic amines) is 1. The fourth-order valence-electron chi connectivity index (χ4n) is 6.23. The minimum atomic E-state index is -1.75. The summed E-state index contributed by atoms with van der Waals surface area (Å²) in [6, 6.07) is 2.54. The zero-order valence-electron chi connectivity index (χ0n) is 28.8. The van der Waals surface area contributed by atoms with Gasteiger partial charge in [-0.3, -0.25) is 14.4 Å². The monoisotopic (exact) mass is 811 g/mol. The van der Waals surface area contributed by atoms with Crippen molar-refractivity contribution in [3.05, 3.63) is 45.9 Å². The number of phenolic OH excluding ortho intramolecular Hbond substituents is 2. The van der Waals surface area contributed by atoms with Gasteiger partial charge in [-0.2, -0.15) is 0 Å². The van der Waals surface area contributed by atoms with Crippen molar-refractivity contribution in [3.63, 3.8) is 0 Å². The summed E-state index contributed by atoms with van der Waals surface area (Å²) in [6.45, 7) is 5.97. The van der Waals surface area contributed by atoms with Gasteiger partial charge in [0, 0.05) is 30.4 Å². The molecule has 3 atom stereocenters. The molecule has 7 N–H and O–H groups in total. The summed E-state index contributed by atoms with van der Waals surface area (Å²) < 4.78 is -0.627. The molecular weight excluding hydrogens is 772 g/mol. The minimum Gasteiger partial charge on any atom is -0.504 e. The lowest BCUT2D eigenvalue weighted by Crippen LogP contribution is -2.57. The number of quaternary nitrogens is 1. The highest BCUT2D eigenvalue weighted by molar-refractivity contribution is 8.20. The highest BCUT2D eigenvalue weighted by atomic mass is 35.5. The first-order valence-corrected chi connectivity index (χ1v) is 19.7. The van der Waals surface area contributed by atoms with E-state index in [9.17, 15) is 44.4 Å². The van der Waals surface area contributed by atoms with E-state index in [-0.39, 0.29) is 46.0 Å². The second-order valence-electron chi connectivity index (χ2n) is 13.4. The number of thiazole rings is 1. The van der Waals surface area contributed by atoms with Crippen LogP contribution in [0.3, 0.4) is 0 Å². The van der Waals surface area contributed by atoms with Crippen LogP contribution in [0.5, 0.6) is 11.5 Å². The SMILES string of the molecule is CC(C)(O/N=C(\C(=O)C[C@@H]1C(=O)N2C[C@](SC/C=C/C[N+]3(CCNC(=O)c4ccc(O)c(O)c4Cl)CCCC3)(C(=O)O)SC12)c1csc(N)n1)C(=O)O. The number of amides is 2. The topological polar surface area (TPSA) is 242 Å². The lowest BCUT2D eigenvalue weighted by molar-refractivity contribution is -0.910. The second-order valence-corrected chi connectivity index (χ2v) is 17.7. The van der Waals surface area contributed by atoms with Gasteiger partial charge >= 0.3 is 11.9 Å². The maximum atomic E-state index is 13.5. The zero-order valence-corrected chi connectivity index (χ0v) is 32.0. The number of aromatic nitrogens is 1. The van der Waals surface area contributed by atoms with Gasteiger partial charge in [0.2, 0.25) is 11.5 Å². The van der Waals surface area contributed by atoms with E-state index in [2.05, 4.69) is 15.5 Å². The Balaban J connectivity index is 1.16. The van der Waals surface area contributed by atoms with Crippen molar-refractivity contribution < 1.29 is 53.7 Å². The molecule has 2 amide bonds. The van der Waals surface area contributed by atoms with Crippen molar-refractivity contribution in [2.45, 2.75) is 48.2 Å². The summed E-state index contributed by atoms with van der Waals surface area (Å²) in [6.07, 6.45) is 5.66. The molecular formula is C33H40ClN6O10S3+. The van der Waals surface area contributed by atoms with Gasteiger partial charge in [-0.05, 0) is 32.1 Å². The van der Waals surface area contributed by atoms with Crippen LogP contribution >= 0.6 is 46.5 Å². The van der Waals surface area contributed by atoms with Crippen LogP contribution in [0.2, 0.25) is 5.02 Å². The number of carbonyl (C=O) groups excluding carboxylic acids is 3. The van der Waals surface area contributed by atoms with Crippen molar-refractivity contribution in [2.75, 3.05) is 50.8 Å². The van der Waals surface area contributed by atoms with Crippen LogP contribution in [0.15, 0.2) is 34.8 Å². The van der Waals surface area contributed by atoms with Gasteiger partial charge in [0.05, 0.1) is 61.1 Å². The number of carbonyl (C=O) groups is 5. The number of nitrogens with one attached hydrogen (secondary N) is 1. The Labute approximate surface area is 322 Å². The molecule has 1 aromatic heterocycles. The van der Waals surface area contributed by atoms with Gasteiger partial charge in [-0.1, -0.05) is 22.8 Å². The molecule has 53 heavy (non-hydrogen) atoms. The fraction of sp³-hybridized carbons (Fsp3) is 0.485. The number of ketones is 1. The van der Waals surface area contributed by atoms with Gasteiger partial charge in [0.1, 0.15) is 5.69 Å². The average molecular weight is 812 g/mol. The van der Waals surface area contributed by atoms with Crippen molar-refractivity contribution in [1.82, 2.24) is 15.2 Å². The summed E-state index contributed by atoms with van der Waals surface area (Å²) in [5.41, 5.74) is 3.83. The predicted octanol–water partition coefficient (Wildman–Crippen LogP) is 2.98. The number of aromatic hydroxyl groups is 2. The third-order valence-corrected chi connectivity index (χ3v) is 13.7. The number of hydrogen-bond acceptors (Lipinski definition) is 14. The Bertz CT molecular complexity index is 1850. The van der Waals surface area contributed by atoms with E-state index in [4.69, 9.17) is 22.2 Å². The molecule has 5 rings (SSSR count). The van der Waals surface area contributed by atoms with Crippen molar-refractivity contribution in [2.24, 2.45) is 11.1 Å². The second kappa shape index (κ2) is 16.1. The number of Topliss-reactive ketones (excluding diaryl/α,β-unsaturated/α-hetero) is 1. The molecule has 2 aromatic rings. The molecule has 3 aliphatic rings. The van der Waals surface area contributed by atoms with E-state index in [1.54, 1.807) is 0 Å². The number of anilines is 1. The smallest absolute Gasteiger partial charge is 0.350 e. The molecule has 16 nitrogen and oxygen atoms in total. The number of phenols is 2. The molecule has 0 bridgehead atoms. The Morgan fingerprint density at radius 1 is 1.23 bits per heavy atom. The van der Waals surface area contributed by atoms with E-state index in [1.165, 1.54) is 48.0 Å². The highest BCUT2D eigenvalue weighted by Crippen LogP contribution is 2.55. The summed E-state index contributed by atoms with van der Waals surface area (Å²) in [4.78, 5) is 74.2. The number of nitrogen functional groups attached to an aromatic ring is 1. The molecule has 1 aromatic carbocycles. The summed E-state index contributed by atoms with van der Waals surface area (Å²) in [5, 5.41) is 46.6. The third-order valence-electron chi connectivity index (χ3n) is 9.38. The van der Waals surface area contributed by atoms with Crippen molar-refractivity contribution in [1.29, 1.82) is 0 Å². The van der Waals surface area contributed by atoms with Gasteiger partial charge in [-0.15, -0.1) is 34.9 Å². The van der Waals surface area contributed by atoms with Gasteiger partial charge < -0.3 is 45.7 Å². The largest absolute Gasteiger partial charge is 0.504 e. The minimum absolute atomic E-state index is 0.0400. The maximum absolute atomic E-state index is 13.5. The molecule has 0 radical (unpaired) electrons. The van der Waals surface area contributed by atoms with E-state index < -0.39 is 56.1 Å². The number of nitrogens with zero attached hydrogens (tertiary/aromatic N) is 4. The molecule has 0 spiro atoms. The predicted molar refractivity (Wildman–Crippen MR) is 200 cm³/mol. The lowest BCUT2D eigenvalue weighted by atomic mass is 9.90. The number of benzene rings is 1. The Hall–Kier alpha value is -4.04. The van der Waals surface area contributed by atoms with Crippen LogP contribution in [0.4, 0.5) is 5.13 Å². The molecule has 3 fully saturated rings. The first-order valence-electron chi connectivity index (χ1n) is 16.6. The van der Waals surface area contributed by atoms with Crippen LogP contribution in [-0.2, 0) is 24.0 Å². The van der Waals surface area contributed by atoms with E-state index >= 15 is 0 Å². The molecule has 3 saturated heterocycles. The molecule has 4 heterocycles. The van der Waals surface area contributed by atoms with Crippen LogP contribution in [0.25, 0.3) is 0 Å². The number of carboxylic acids is 2. The van der Waals surface area contributed by atoms with E-state index in [0.29, 0.717) is 25.4 Å². The first kappa shape index (κ1) is 40.2. The van der Waals surface area contributed by atoms with Crippen LogP contribution < -0.4 is 11.1 Å². The van der Waals surface area contributed by atoms with Crippen molar-refractivity contribution >= 4 is 86.8 Å². The van der Waals surface area contributed by atoms with Crippen LogP contribution in [0, 0.1) is 5.92 Å². The van der Waals surface area contributed by atoms with E-state index in [0.717, 1.165) is 53.5 Å². The molecule has 3 aliphatic heterocycles. The number of rotatable bonds is 17. The number of carboxylic acid groups (broad SMARTS) is 2. The summed E-state index contributed by atoms with van der Waals surface area (Å²) in [7, 11) is 0. The molecule has 286 valence electrons. The Morgan fingerprint density at radius 2 is 1.94 bits per heavy atom. The van der Waals surface area contributed by atoms with Gasteiger partial charge in [0.25, 0.3) is 5.91 Å². The third kappa shape index (κ3) is 8.69. The van der Waals surface area contributed by atoms with Crippen molar-refractivity contribution in [3.8, 4) is 11.5 Å². The fourth-order valence-corrected chi connectivity index (χ4v) is 10.0. The number of hydrogen-bond donors (Lipinski definition) is 6. The normalized spacial score (nSPS) is 22.4. The molecule has 1 unspecified atom stereocenters. The van der Waals surface area contributed by atoms with Gasteiger partial charge in [0.15, 0.2) is 32.2 Å². The highest BCUT2D eigenvalue weighted by Gasteiger charge is 2.62. The quantitative estimate of drug-likeness (QED) is 0.0336. The Morgan fingerprint density at radius 3 is 2.58 bits per heavy atom. The van der Waals surface area contributed by atoms with Gasteiger partial charge in [-0.25, -0.2) is 14.6 Å². The number of fused-ring (bicyclic) bond motifs is 1. The number of aliphatic carboxylic acids is 2. The lowest BCUT2D eigenvalue weighted by Gasteiger charge is -2.41. The molecule has 0 aliphatic carbocycles. The number of nitrogens with two attached hydrogens (primary N) is 1. The molecule has 0 saturated carbocycles. The number of thioether (sulfide) groups is 2. The van der Waals surface area contributed by atoms with Crippen LogP contribution in [0.1, 0.15) is 49.2 Å². The zero-order chi connectivity index (χ0) is 38.7. The first-order chi connectivity index (χ1) is 25.0. The van der Waals surface area contributed by atoms with E-state index in [1.807, 2.05) is 12.2 Å². The maximum Gasteiger partial charge on any atom is 0.350 e. The standard InChI is InChI=1S/C33H39ClN6O10S3/c1-32(2,29(46)47)50-38-24(20-16-51-31(35)37-20)22(42)15-19-27(45)39-17-33(30(48)49,53-28(19)39)52-14-6-5-12-40(10-3-4-11-40)13-9-36-26(44)18-7-8-21(41)25(43)23(18)34/h5-8,16,19,28H,3-4,9-15,17H2,1-2H3,(H6-,35,36,37,38,41,42,43,44,46,47,48,49)/p+1/b6-5+/t19-,28?,33-/m1/s1. The summed E-state index contributed by atoms with van der Waals surface area (Å²) >= 11 is 9.39.